The molecule has 9 nitrogen and oxygen atoms in total. The van der Waals surface area contributed by atoms with Crippen molar-refractivity contribution in [2.75, 3.05) is 10.2 Å². The van der Waals surface area contributed by atoms with Crippen molar-refractivity contribution >= 4 is 34.6 Å². The molecule has 2 aliphatic rings. The van der Waals surface area contributed by atoms with E-state index >= 15 is 0 Å². The second-order valence-electron chi connectivity index (χ2n) is 7.42. The van der Waals surface area contributed by atoms with Crippen LogP contribution in [0.5, 0.6) is 0 Å². The van der Waals surface area contributed by atoms with E-state index in [1.807, 2.05) is 26.0 Å². The second-order valence-corrected chi connectivity index (χ2v) is 7.42. The Morgan fingerprint density at radius 1 is 1.14 bits per heavy atom. The molecule has 0 saturated carbocycles. The number of nitrogens with zero attached hydrogens (tertiary/aromatic N) is 4. The number of allylic oxidation sites excluding steroid dienone is 2. The van der Waals surface area contributed by atoms with E-state index < -0.39 is 4.92 Å². The van der Waals surface area contributed by atoms with Crippen molar-refractivity contribution in [2.45, 2.75) is 26.7 Å². The van der Waals surface area contributed by atoms with Crippen LogP contribution < -0.4 is 10.2 Å². The zero-order chi connectivity index (χ0) is 20.9. The van der Waals surface area contributed by atoms with Gasteiger partial charge in [0.15, 0.2) is 0 Å². The molecule has 0 unspecified atom stereocenters. The molecule has 150 valence electrons. The SMILES string of the molecule is Cc1nn(C)c(C)c1Nc1ccc(N2C(=O)[C@@H]3CC=CC[C@H]3C2=O)cc1[N+](=O)[O-]. The Balaban J connectivity index is 1.71. The van der Waals surface area contributed by atoms with Gasteiger partial charge < -0.3 is 5.32 Å². The molecule has 4 rings (SSSR count). The van der Waals surface area contributed by atoms with Crippen LogP contribution in [0.4, 0.5) is 22.7 Å². The highest BCUT2D eigenvalue weighted by Crippen LogP contribution is 2.40. The lowest BCUT2D eigenvalue weighted by atomic mass is 9.85. The number of hydrogen-bond donors (Lipinski definition) is 1. The van der Waals surface area contributed by atoms with Crippen LogP contribution in [0.2, 0.25) is 0 Å². The number of carbonyl (C=O) groups excluding carboxylic acids is 2. The van der Waals surface area contributed by atoms with Crippen LogP contribution in [0.25, 0.3) is 0 Å². The van der Waals surface area contributed by atoms with Crippen LogP contribution in [0, 0.1) is 35.8 Å². The molecule has 0 bridgehead atoms. The van der Waals surface area contributed by atoms with Crippen molar-refractivity contribution in [2.24, 2.45) is 18.9 Å². The molecule has 1 N–H and O–H groups in total. The van der Waals surface area contributed by atoms with Gasteiger partial charge in [0.05, 0.1) is 39.5 Å². The molecule has 1 fully saturated rings. The standard InChI is InChI=1S/C20H21N5O4/c1-11-18(12(2)23(3)22-11)21-16-9-8-13(10-17(16)25(28)29)24-19(26)14-6-4-5-7-15(14)20(24)27/h4-5,8-10,14-15,21H,6-7H2,1-3H3/t14-,15-/m1/s1. The molecule has 2 atom stereocenters. The zero-order valence-corrected chi connectivity index (χ0v) is 16.4. The summed E-state index contributed by atoms with van der Waals surface area (Å²) in [4.78, 5) is 37.8. The van der Waals surface area contributed by atoms with Gasteiger partial charge >= 0.3 is 0 Å². The van der Waals surface area contributed by atoms with E-state index in [2.05, 4.69) is 10.4 Å². The van der Waals surface area contributed by atoms with Gasteiger partial charge in [0.25, 0.3) is 5.69 Å². The first kappa shape index (κ1) is 18.9. The van der Waals surface area contributed by atoms with Crippen LogP contribution in [0.3, 0.4) is 0 Å². The molecule has 1 saturated heterocycles. The van der Waals surface area contributed by atoms with Crippen molar-refractivity contribution in [3.63, 3.8) is 0 Å². The lowest BCUT2D eigenvalue weighted by Crippen LogP contribution is -2.30. The molecular formula is C20H21N5O4. The smallest absolute Gasteiger partial charge is 0.294 e. The molecule has 1 aliphatic heterocycles. The average molecular weight is 395 g/mol. The highest BCUT2D eigenvalue weighted by Gasteiger charge is 2.48. The number of anilines is 3. The molecule has 2 aromatic rings. The minimum Gasteiger partial charge on any atom is -0.347 e. The fourth-order valence-electron chi connectivity index (χ4n) is 4.06. The van der Waals surface area contributed by atoms with Crippen molar-refractivity contribution in [3.8, 4) is 0 Å². The fraction of sp³-hybridized carbons (Fsp3) is 0.350. The highest BCUT2D eigenvalue weighted by molar-refractivity contribution is 6.22. The Hall–Kier alpha value is -3.49. The number of carbonyl (C=O) groups is 2. The van der Waals surface area contributed by atoms with Gasteiger partial charge in [0.2, 0.25) is 11.8 Å². The second kappa shape index (κ2) is 6.84. The van der Waals surface area contributed by atoms with Crippen molar-refractivity contribution in [1.82, 2.24) is 9.78 Å². The van der Waals surface area contributed by atoms with E-state index in [1.54, 1.807) is 17.8 Å². The number of aryl methyl sites for hydroxylation is 2. The van der Waals surface area contributed by atoms with Crippen molar-refractivity contribution in [1.29, 1.82) is 0 Å². The summed E-state index contributed by atoms with van der Waals surface area (Å²) >= 11 is 0. The summed E-state index contributed by atoms with van der Waals surface area (Å²) in [6.45, 7) is 3.67. The summed E-state index contributed by atoms with van der Waals surface area (Å²) in [6.07, 6.45) is 4.85. The summed E-state index contributed by atoms with van der Waals surface area (Å²) in [7, 11) is 1.80. The molecule has 1 aliphatic carbocycles. The number of nitro groups is 1. The van der Waals surface area contributed by atoms with E-state index in [0.29, 0.717) is 24.2 Å². The highest BCUT2D eigenvalue weighted by atomic mass is 16.6. The number of nitrogens with one attached hydrogen (secondary N) is 1. The number of imide groups is 1. The van der Waals surface area contributed by atoms with Gasteiger partial charge in [0.1, 0.15) is 5.69 Å². The third-order valence-corrected chi connectivity index (χ3v) is 5.71. The van der Waals surface area contributed by atoms with Crippen molar-refractivity contribution in [3.05, 3.63) is 51.9 Å². The molecule has 9 heteroatoms. The van der Waals surface area contributed by atoms with Crippen LogP contribution in [-0.4, -0.2) is 26.5 Å². The summed E-state index contributed by atoms with van der Waals surface area (Å²) in [5.74, 6) is -1.35. The largest absolute Gasteiger partial charge is 0.347 e. The summed E-state index contributed by atoms with van der Waals surface area (Å²) in [6, 6.07) is 4.38. The predicted molar refractivity (Wildman–Crippen MR) is 107 cm³/mol. The Morgan fingerprint density at radius 2 is 1.76 bits per heavy atom. The number of amides is 2. The quantitative estimate of drug-likeness (QED) is 0.368. The zero-order valence-electron chi connectivity index (χ0n) is 16.4. The van der Waals surface area contributed by atoms with Crippen LogP contribution in [0.1, 0.15) is 24.2 Å². The maximum absolute atomic E-state index is 12.8. The molecule has 29 heavy (non-hydrogen) atoms. The summed E-state index contributed by atoms with van der Waals surface area (Å²) < 4.78 is 1.69. The molecule has 2 amide bonds. The molecular weight excluding hydrogens is 374 g/mol. The Bertz CT molecular complexity index is 1050. The first-order chi connectivity index (χ1) is 13.8. The lowest BCUT2D eigenvalue weighted by Gasteiger charge is -2.16. The third-order valence-electron chi connectivity index (χ3n) is 5.71. The minimum atomic E-state index is -0.521. The van der Waals surface area contributed by atoms with Crippen LogP contribution in [-0.2, 0) is 16.6 Å². The summed E-state index contributed by atoms with van der Waals surface area (Å²) in [5.41, 5.74) is 2.53. The first-order valence-corrected chi connectivity index (χ1v) is 9.38. The Morgan fingerprint density at radius 3 is 2.28 bits per heavy atom. The maximum atomic E-state index is 12.8. The lowest BCUT2D eigenvalue weighted by molar-refractivity contribution is -0.383. The average Bonchev–Trinajstić information content (AvgIpc) is 3.09. The van der Waals surface area contributed by atoms with Crippen molar-refractivity contribution < 1.29 is 14.5 Å². The molecule has 1 aromatic heterocycles. The van der Waals surface area contributed by atoms with Gasteiger partial charge in [-0.2, -0.15) is 5.10 Å². The van der Waals surface area contributed by atoms with Gasteiger partial charge in [-0.15, -0.1) is 0 Å². The van der Waals surface area contributed by atoms with Gasteiger partial charge in [-0.1, -0.05) is 12.2 Å². The van der Waals surface area contributed by atoms with E-state index in [9.17, 15) is 19.7 Å². The molecule has 0 radical (unpaired) electrons. The third kappa shape index (κ3) is 2.98. The predicted octanol–water partition coefficient (Wildman–Crippen LogP) is 3.14. The topological polar surface area (TPSA) is 110 Å². The minimum absolute atomic E-state index is 0.209. The maximum Gasteiger partial charge on any atom is 0.294 e. The number of nitro benzene ring substituents is 1. The number of rotatable bonds is 4. The fourth-order valence-corrected chi connectivity index (χ4v) is 4.06. The monoisotopic (exact) mass is 395 g/mol. The van der Waals surface area contributed by atoms with Gasteiger partial charge in [0, 0.05) is 13.1 Å². The van der Waals surface area contributed by atoms with E-state index in [1.165, 1.54) is 12.1 Å². The van der Waals surface area contributed by atoms with Crippen LogP contribution in [0.15, 0.2) is 30.4 Å². The number of fused-ring (bicyclic) bond motifs is 1. The van der Waals surface area contributed by atoms with E-state index in [0.717, 1.165) is 10.6 Å². The molecule has 2 heterocycles. The van der Waals surface area contributed by atoms with E-state index in [4.69, 9.17) is 0 Å². The number of hydrogen-bond acceptors (Lipinski definition) is 6. The Kier molecular flexibility index (Phi) is 4.45. The van der Waals surface area contributed by atoms with Crippen LogP contribution >= 0.6 is 0 Å². The Labute approximate surface area is 167 Å². The first-order valence-electron chi connectivity index (χ1n) is 9.38. The summed E-state index contributed by atoms with van der Waals surface area (Å²) in [5, 5.41) is 19.1. The normalized spacial score (nSPS) is 20.9. The molecule has 0 spiro atoms. The number of benzene rings is 1. The van der Waals surface area contributed by atoms with Gasteiger partial charge in [-0.05, 0) is 38.8 Å². The van der Waals surface area contributed by atoms with Gasteiger partial charge in [-0.3, -0.25) is 24.4 Å². The molecule has 1 aromatic carbocycles. The van der Waals surface area contributed by atoms with E-state index in [-0.39, 0.29) is 40.7 Å². The number of aromatic nitrogens is 2. The van der Waals surface area contributed by atoms with Gasteiger partial charge in [-0.25, -0.2) is 4.90 Å².